The second-order valence-electron chi connectivity index (χ2n) is 4.87. The van der Waals surface area contributed by atoms with E-state index in [0.29, 0.717) is 29.3 Å². The van der Waals surface area contributed by atoms with Crippen LogP contribution in [0.3, 0.4) is 0 Å². The van der Waals surface area contributed by atoms with Crippen LogP contribution in [-0.2, 0) is 11.3 Å². The number of furan rings is 1. The zero-order chi connectivity index (χ0) is 16.1. The van der Waals surface area contributed by atoms with Gasteiger partial charge < -0.3 is 9.15 Å². The van der Waals surface area contributed by atoms with Crippen LogP contribution >= 0.6 is 0 Å². The Bertz CT molecular complexity index is 674. The minimum atomic E-state index is -0.418. The van der Waals surface area contributed by atoms with Gasteiger partial charge in [0.15, 0.2) is 0 Å². The van der Waals surface area contributed by atoms with Gasteiger partial charge in [0.05, 0.1) is 12.2 Å². The molecule has 0 bridgehead atoms. The van der Waals surface area contributed by atoms with Crippen molar-refractivity contribution in [1.82, 2.24) is 10.9 Å². The van der Waals surface area contributed by atoms with Crippen LogP contribution in [0, 0.1) is 13.8 Å². The van der Waals surface area contributed by atoms with Crippen molar-refractivity contribution in [1.29, 1.82) is 0 Å². The first-order valence-corrected chi connectivity index (χ1v) is 6.77. The fraction of sp³-hybridized carbons (Fsp3) is 0.250. The molecule has 0 unspecified atom stereocenters. The molecule has 0 saturated heterocycles. The van der Waals surface area contributed by atoms with Crippen molar-refractivity contribution in [2.45, 2.75) is 20.5 Å². The van der Waals surface area contributed by atoms with E-state index in [1.807, 2.05) is 0 Å². The van der Waals surface area contributed by atoms with Crippen LogP contribution in [0.15, 0.2) is 34.7 Å². The number of nitrogens with one attached hydrogen (secondary N) is 2. The van der Waals surface area contributed by atoms with Crippen molar-refractivity contribution in [2.24, 2.45) is 0 Å². The average Bonchev–Trinajstić information content (AvgIpc) is 2.84. The van der Waals surface area contributed by atoms with E-state index in [4.69, 9.17) is 9.15 Å². The van der Waals surface area contributed by atoms with Crippen LogP contribution in [0.5, 0.6) is 0 Å². The highest BCUT2D eigenvalue weighted by atomic mass is 16.5. The van der Waals surface area contributed by atoms with Gasteiger partial charge in [-0.2, -0.15) is 0 Å². The molecular formula is C16H18N2O4. The van der Waals surface area contributed by atoms with E-state index in [1.165, 1.54) is 0 Å². The Morgan fingerprint density at radius 3 is 2.27 bits per heavy atom. The highest BCUT2D eigenvalue weighted by Gasteiger charge is 2.14. The van der Waals surface area contributed by atoms with Crippen LogP contribution in [0.25, 0.3) is 0 Å². The predicted molar refractivity (Wildman–Crippen MR) is 80.3 cm³/mol. The van der Waals surface area contributed by atoms with Crippen molar-refractivity contribution in [2.75, 3.05) is 7.11 Å². The van der Waals surface area contributed by atoms with Gasteiger partial charge >= 0.3 is 0 Å². The summed E-state index contributed by atoms with van der Waals surface area (Å²) in [5, 5.41) is 0. The van der Waals surface area contributed by atoms with Crippen LogP contribution < -0.4 is 10.9 Å². The first-order chi connectivity index (χ1) is 10.5. The first kappa shape index (κ1) is 15.8. The van der Waals surface area contributed by atoms with Crippen LogP contribution in [0.4, 0.5) is 0 Å². The molecule has 0 aliphatic carbocycles. The fourth-order valence-electron chi connectivity index (χ4n) is 2.03. The Hall–Kier alpha value is -2.60. The summed E-state index contributed by atoms with van der Waals surface area (Å²) in [6, 6.07) is 8.55. The third kappa shape index (κ3) is 3.73. The van der Waals surface area contributed by atoms with Gasteiger partial charge in [-0.15, -0.1) is 0 Å². The summed E-state index contributed by atoms with van der Waals surface area (Å²) in [5.41, 5.74) is 6.55. The molecule has 2 amide bonds. The number of carbonyl (C=O) groups excluding carboxylic acids is 2. The summed E-state index contributed by atoms with van der Waals surface area (Å²) in [7, 11) is 1.61. The lowest BCUT2D eigenvalue weighted by Gasteiger charge is -2.07. The zero-order valence-electron chi connectivity index (χ0n) is 12.7. The summed E-state index contributed by atoms with van der Waals surface area (Å²) >= 11 is 0. The van der Waals surface area contributed by atoms with Gasteiger partial charge in [0.25, 0.3) is 11.8 Å². The number of amides is 2. The van der Waals surface area contributed by atoms with Gasteiger partial charge in [-0.25, -0.2) is 0 Å². The predicted octanol–water partition coefficient (Wildman–Crippen LogP) is 2.12. The van der Waals surface area contributed by atoms with Crippen molar-refractivity contribution < 1.29 is 18.7 Å². The second kappa shape index (κ2) is 6.91. The second-order valence-corrected chi connectivity index (χ2v) is 4.87. The Morgan fingerprint density at radius 1 is 1.09 bits per heavy atom. The van der Waals surface area contributed by atoms with E-state index >= 15 is 0 Å². The largest absolute Gasteiger partial charge is 0.466 e. The molecular weight excluding hydrogens is 284 g/mol. The number of aryl methyl sites for hydroxylation is 2. The fourth-order valence-corrected chi connectivity index (χ4v) is 2.03. The lowest BCUT2D eigenvalue weighted by molar-refractivity contribution is 0.0845. The Labute approximate surface area is 128 Å². The Kier molecular flexibility index (Phi) is 4.95. The molecule has 0 aliphatic rings. The number of methoxy groups -OCH3 is 1. The number of hydrogen-bond acceptors (Lipinski definition) is 4. The normalized spacial score (nSPS) is 10.3. The van der Waals surface area contributed by atoms with Gasteiger partial charge in [0, 0.05) is 12.7 Å². The molecule has 0 radical (unpaired) electrons. The standard InChI is InChI=1S/C16H18N2O4/c1-10-8-14(11(2)22-10)16(20)18-17-15(19)13-6-4-12(5-7-13)9-21-3/h4-8H,9H2,1-3H3,(H,17,19)(H,18,20). The van der Waals surface area contributed by atoms with Crippen molar-refractivity contribution in [3.05, 3.63) is 58.5 Å². The highest BCUT2D eigenvalue weighted by Crippen LogP contribution is 2.13. The Balaban J connectivity index is 1.94. The molecule has 2 rings (SSSR count). The van der Waals surface area contributed by atoms with E-state index in [2.05, 4.69) is 10.9 Å². The molecule has 116 valence electrons. The summed E-state index contributed by atoms with van der Waals surface area (Å²) in [5.74, 6) is 0.338. The minimum absolute atomic E-state index is 0.393. The summed E-state index contributed by atoms with van der Waals surface area (Å²) in [6.07, 6.45) is 0. The molecule has 1 aromatic carbocycles. The molecule has 1 aromatic heterocycles. The van der Waals surface area contributed by atoms with Crippen LogP contribution in [-0.4, -0.2) is 18.9 Å². The number of rotatable bonds is 4. The number of ether oxygens (including phenoxy) is 1. The lowest BCUT2D eigenvalue weighted by atomic mass is 10.1. The maximum Gasteiger partial charge on any atom is 0.273 e. The van der Waals surface area contributed by atoms with Crippen molar-refractivity contribution >= 4 is 11.8 Å². The van der Waals surface area contributed by atoms with E-state index in [9.17, 15) is 9.59 Å². The molecule has 6 nitrogen and oxygen atoms in total. The Morgan fingerprint density at radius 2 is 1.73 bits per heavy atom. The van der Waals surface area contributed by atoms with Crippen molar-refractivity contribution in [3.63, 3.8) is 0 Å². The number of carbonyl (C=O) groups is 2. The summed E-state index contributed by atoms with van der Waals surface area (Å²) in [4.78, 5) is 23.9. The van der Waals surface area contributed by atoms with Crippen LogP contribution in [0.2, 0.25) is 0 Å². The average molecular weight is 302 g/mol. The molecule has 6 heteroatoms. The lowest BCUT2D eigenvalue weighted by Crippen LogP contribution is -2.41. The first-order valence-electron chi connectivity index (χ1n) is 6.77. The summed E-state index contributed by atoms with van der Waals surface area (Å²) < 4.78 is 10.3. The van der Waals surface area contributed by atoms with E-state index in [-0.39, 0.29) is 0 Å². The molecule has 1 heterocycles. The van der Waals surface area contributed by atoms with Gasteiger partial charge in [-0.3, -0.25) is 20.4 Å². The monoisotopic (exact) mass is 302 g/mol. The minimum Gasteiger partial charge on any atom is -0.466 e. The van der Waals surface area contributed by atoms with E-state index in [0.717, 1.165) is 5.56 Å². The maximum atomic E-state index is 12.0. The number of benzene rings is 1. The van der Waals surface area contributed by atoms with E-state index in [1.54, 1.807) is 51.3 Å². The number of hydrogen-bond donors (Lipinski definition) is 2. The topological polar surface area (TPSA) is 80.6 Å². The zero-order valence-corrected chi connectivity index (χ0v) is 12.7. The molecule has 2 N–H and O–H groups in total. The summed E-state index contributed by atoms with van der Waals surface area (Å²) in [6.45, 7) is 3.93. The maximum absolute atomic E-state index is 12.0. The van der Waals surface area contributed by atoms with Gasteiger partial charge in [-0.1, -0.05) is 12.1 Å². The van der Waals surface area contributed by atoms with Crippen LogP contribution in [0.1, 0.15) is 37.8 Å². The van der Waals surface area contributed by atoms with Gasteiger partial charge in [0.2, 0.25) is 0 Å². The highest BCUT2D eigenvalue weighted by molar-refractivity contribution is 5.99. The smallest absolute Gasteiger partial charge is 0.273 e. The molecule has 22 heavy (non-hydrogen) atoms. The molecule has 0 spiro atoms. The molecule has 2 aromatic rings. The van der Waals surface area contributed by atoms with Gasteiger partial charge in [-0.05, 0) is 37.6 Å². The molecule has 0 saturated carbocycles. The number of hydrazine groups is 1. The third-order valence-corrected chi connectivity index (χ3v) is 3.10. The SMILES string of the molecule is COCc1ccc(C(=O)NNC(=O)c2cc(C)oc2C)cc1. The van der Waals surface area contributed by atoms with E-state index < -0.39 is 11.8 Å². The molecule has 0 atom stereocenters. The quantitative estimate of drug-likeness (QED) is 0.848. The third-order valence-electron chi connectivity index (χ3n) is 3.10. The molecule has 0 aliphatic heterocycles. The van der Waals surface area contributed by atoms with Crippen molar-refractivity contribution in [3.8, 4) is 0 Å². The molecule has 0 fully saturated rings. The van der Waals surface area contributed by atoms with Gasteiger partial charge in [0.1, 0.15) is 11.5 Å².